The molecule has 0 spiro atoms. The van der Waals surface area contributed by atoms with Gasteiger partial charge in [0.1, 0.15) is 5.01 Å². The Kier molecular flexibility index (Phi) is 6.53. The second-order valence-corrected chi connectivity index (χ2v) is 9.72. The molecular formula is C22H32N4OS. The Balaban J connectivity index is 1.49. The second kappa shape index (κ2) is 8.72. The van der Waals surface area contributed by atoms with E-state index in [0.717, 1.165) is 43.4 Å². The highest BCUT2D eigenvalue weighted by Gasteiger charge is 2.21. The van der Waals surface area contributed by atoms with Gasteiger partial charge in [-0.1, -0.05) is 12.1 Å². The lowest BCUT2D eigenvalue weighted by Crippen LogP contribution is -2.51. The van der Waals surface area contributed by atoms with Crippen molar-refractivity contribution in [1.82, 2.24) is 20.1 Å². The van der Waals surface area contributed by atoms with Crippen LogP contribution in [0.5, 0.6) is 0 Å². The van der Waals surface area contributed by atoms with Gasteiger partial charge < -0.3 is 5.32 Å². The number of piperazine rings is 1. The summed E-state index contributed by atoms with van der Waals surface area (Å²) in [6, 6.07) is 6.54. The van der Waals surface area contributed by atoms with Crippen molar-refractivity contribution in [1.29, 1.82) is 0 Å². The van der Waals surface area contributed by atoms with E-state index in [1.807, 2.05) is 20.8 Å². The van der Waals surface area contributed by atoms with E-state index in [2.05, 4.69) is 52.5 Å². The molecule has 1 aliphatic heterocycles. The third-order valence-corrected chi connectivity index (χ3v) is 5.89. The van der Waals surface area contributed by atoms with Gasteiger partial charge in [0.2, 0.25) is 5.91 Å². The summed E-state index contributed by atoms with van der Waals surface area (Å²) in [7, 11) is 0. The highest BCUT2D eigenvalue weighted by atomic mass is 32.1. The number of hydrogen-bond acceptors (Lipinski definition) is 5. The molecule has 1 N–H and O–H groups in total. The van der Waals surface area contributed by atoms with Crippen LogP contribution < -0.4 is 5.32 Å². The van der Waals surface area contributed by atoms with Gasteiger partial charge in [0.25, 0.3) is 0 Å². The summed E-state index contributed by atoms with van der Waals surface area (Å²) in [4.78, 5) is 21.6. The molecule has 0 aliphatic carbocycles. The number of carbonyl (C=O) groups is 1. The van der Waals surface area contributed by atoms with Gasteiger partial charge in [0.05, 0.1) is 18.8 Å². The normalized spacial score (nSPS) is 16.3. The van der Waals surface area contributed by atoms with Crippen LogP contribution in [0.15, 0.2) is 23.6 Å². The molecule has 1 saturated heterocycles. The average Bonchev–Trinajstić information content (AvgIpc) is 3.06. The summed E-state index contributed by atoms with van der Waals surface area (Å²) < 4.78 is 0. The van der Waals surface area contributed by atoms with Crippen molar-refractivity contribution in [3.8, 4) is 11.3 Å². The molecule has 28 heavy (non-hydrogen) atoms. The van der Waals surface area contributed by atoms with Crippen LogP contribution in [-0.2, 0) is 11.3 Å². The number of hydrogen-bond donors (Lipinski definition) is 1. The van der Waals surface area contributed by atoms with Crippen molar-refractivity contribution < 1.29 is 4.79 Å². The lowest BCUT2D eigenvalue weighted by Gasteiger charge is -2.34. The minimum atomic E-state index is -0.169. The van der Waals surface area contributed by atoms with Crippen molar-refractivity contribution in [2.75, 3.05) is 32.7 Å². The number of nitrogens with zero attached hydrogens (tertiary/aromatic N) is 3. The molecule has 0 atom stereocenters. The molecule has 1 aliphatic rings. The van der Waals surface area contributed by atoms with Crippen LogP contribution in [0.2, 0.25) is 0 Å². The summed E-state index contributed by atoms with van der Waals surface area (Å²) in [5.74, 6) is 0.110. The number of carbonyl (C=O) groups excluding carboxylic acids is 1. The predicted molar refractivity (Wildman–Crippen MR) is 117 cm³/mol. The van der Waals surface area contributed by atoms with Gasteiger partial charge in [0, 0.05) is 42.7 Å². The summed E-state index contributed by atoms with van der Waals surface area (Å²) in [6.45, 7) is 15.5. The molecule has 2 aromatic rings. The molecule has 1 amide bonds. The lowest BCUT2D eigenvalue weighted by molar-refractivity contribution is -0.124. The smallest absolute Gasteiger partial charge is 0.234 e. The Morgan fingerprint density at radius 1 is 1.11 bits per heavy atom. The van der Waals surface area contributed by atoms with Crippen molar-refractivity contribution in [2.24, 2.45) is 0 Å². The molecule has 0 radical (unpaired) electrons. The van der Waals surface area contributed by atoms with Crippen molar-refractivity contribution >= 4 is 17.2 Å². The average molecular weight is 401 g/mol. The van der Waals surface area contributed by atoms with E-state index in [4.69, 9.17) is 4.98 Å². The first kappa shape index (κ1) is 21.0. The summed E-state index contributed by atoms with van der Waals surface area (Å²) in [5.41, 5.74) is 4.71. The van der Waals surface area contributed by atoms with E-state index in [1.54, 1.807) is 11.3 Å². The quantitative estimate of drug-likeness (QED) is 0.835. The van der Waals surface area contributed by atoms with Gasteiger partial charge in [-0.05, 0) is 51.8 Å². The maximum atomic E-state index is 12.1. The standard InChI is InChI=1S/C22H32N4OS/c1-16-6-7-18(12-17(16)2)19-15-28-21(23-19)14-26-10-8-25(9-11-26)13-20(27)24-22(3,4)5/h6-7,12,15H,8-11,13-14H2,1-5H3,(H,24,27). The topological polar surface area (TPSA) is 48.5 Å². The fraction of sp³-hybridized carbons (Fsp3) is 0.545. The zero-order chi connectivity index (χ0) is 20.3. The molecule has 5 nitrogen and oxygen atoms in total. The molecular weight excluding hydrogens is 368 g/mol. The number of rotatable bonds is 5. The van der Waals surface area contributed by atoms with Crippen molar-refractivity contribution in [3.05, 3.63) is 39.7 Å². The maximum absolute atomic E-state index is 12.1. The molecule has 3 rings (SSSR count). The molecule has 6 heteroatoms. The SMILES string of the molecule is Cc1ccc(-c2csc(CN3CCN(CC(=O)NC(C)(C)C)CC3)n2)cc1C. The van der Waals surface area contributed by atoms with Gasteiger partial charge >= 0.3 is 0 Å². The summed E-state index contributed by atoms with van der Waals surface area (Å²) >= 11 is 1.74. The Morgan fingerprint density at radius 2 is 1.79 bits per heavy atom. The van der Waals surface area contributed by atoms with Gasteiger partial charge in [-0.15, -0.1) is 11.3 Å². The predicted octanol–water partition coefficient (Wildman–Crippen LogP) is 3.46. The fourth-order valence-corrected chi connectivity index (χ4v) is 4.22. The first-order chi connectivity index (χ1) is 13.2. The van der Waals surface area contributed by atoms with E-state index < -0.39 is 0 Å². The molecule has 2 heterocycles. The number of thiazole rings is 1. The number of benzene rings is 1. The molecule has 152 valence electrons. The van der Waals surface area contributed by atoms with E-state index in [9.17, 15) is 4.79 Å². The largest absolute Gasteiger partial charge is 0.350 e. The Hall–Kier alpha value is -1.76. The molecule has 0 bridgehead atoms. The van der Waals surface area contributed by atoms with Gasteiger partial charge in [-0.25, -0.2) is 4.98 Å². The van der Waals surface area contributed by atoms with E-state index >= 15 is 0 Å². The summed E-state index contributed by atoms with van der Waals surface area (Å²) in [5, 5.41) is 6.36. The monoisotopic (exact) mass is 400 g/mol. The first-order valence-corrected chi connectivity index (χ1v) is 10.9. The van der Waals surface area contributed by atoms with Gasteiger partial charge in [-0.2, -0.15) is 0 Å². The third-order valence-electron chi connectivity index (χ3n) is 5.06. The maximum Gasteiger partial charge on any atom is 0.234 e. The van der Waals surface area contributed by atoms with Crippen molar-refractivity contribution in [2.45, 2.75) is 46.7 Å². The minimum Gasteiger partial charge on any atom is -0.350 e. The zero-order valence-electron chi connectivity index (χ0n) is 17.7. The van der Waals surface area contributed by atoms with E-state index in [-0.39, 0.29) is 11.4 Å². The lowest BCUT2D eigenvalue weighted by atomic mass is 10.1. The second-order valence-electron chi connectivity index (χ2n) is 8.78. The number of nitrogens with one attached hydrogen (secondary N) is 1. The van der Waals surface area contributed by atoms with Crippen LogP contribution in [-0.4, -0.2) is 59.0 Å². The zero-order valence-corrected chi connectivity index (χ0v) is 18.5. The Bertz CT molecular complexity index is 816. The first-order valence-electron chi connectivity index (χ1n) is 9.97. The summed E-state index contributed by atoms with van der Waals surface area (Å²) in [6.07, 6.45) is 0. The van der Waals surface area contributed by atoms with Crippen LogP contribution in [0.3, 0.4) is 0 Å². The van der Waals surface area contributed by atoms with Crippen LogP contribution in [0.4, 0.5) is 0 Å². The van der Waals surface area contributed by atoms with Crippen LogP contribution in [0, 0.1) is 13.8 Å². The fourth-order valence-electron chi connectivity index (χ4n) is 3.37. The van der Waals surface area contributed by atoms with E-state index in [1.165, 1.54) is 16.7 Å². The van der Waals surface area contributed by atoms with Gasteiger partial charge in [0.15, 0.2) is 0 Å². The molecule has 1 aromatic heterocycles. The van der Waals surface area contributed by atoms with Crippen LogP contribution >= 0.6 is 11.3 Å². The molecule has 0 saturated carbocycles. The third kappa shape index (κ3) is 5.87. The number of aryl methyl sites for hydroxylation is 2. The van der Waals surface area contributed by atoms with Crippen LogP contribution in [0.1, 0.15) is 36.9 Å². The molecule has 0 unspecified atom stereocenters. The Morgan fingerprint density at radius 3 is 2.43 bits per heavy atom. The number of aromatic nitrogens is 1. The highest BCUT2D eigenvalue weighted by Crippen LogP contribution is 2.25. The highest BCUT2D eigenvalue weighted by molar-refractivity contribution is 7.09. The van der Waals surface area contributed by atoms with Crippen LogP contribution in [0.25, 0.3) is 11.3 Å². The van der Waals surface area contributed by atoms with Gasteiger partial charge in [-0.3, -0.25) is 14.6 Å². The van der Waals surface area contributed by atoms with Crippen molar-refractivity contribution in [3.63, 3.8) is 0 Å². The van der Waals surface area contributed by atoms with E-state index in [0.29, 0.717) is 6.54 Å². The molecule has 1 fully saturated rings. The number of amides is 1. The molecule has 1 aromatic carbocycles. The Labute approximate surface area is 172 Å². The minimum absolute atomic E-state index is 0.110.